The van der Waals surface area contributed by atoms with Crippen molar-refractivity contribution >= 4 is 17.3 Å². The predicted molar refractivity (Wildman–Crippen MR) is 153 cm³/mol. The fraction of sp³-hybridized carbons (Fsp3) is 0.235. The van der Waals surface area contributed by atoms with Gasteiger partial charge in [0.25, 0.3) is 0 Å². The van der Waals surface area contributed by atoms with Crippen LogP contribution >= 0.6 is 0 Å². The average Bonchev–Trinajstić information content (AvgIpc) is 2.89. The molecule has 0 aromatic heterocycles. The van der Waals surface area contributed by atoms with Gasteiger partial charge in [-0.15, -0.1) is 0 Å². The molecule has 0 unspecified atom stereocenters. The normalized spacial score (nSPS) is 12.0. The SMILES string of the molecule is CCC(CC)(Nc1ccc(C)cc1C)c1ccc(/C=C(/c2ccccc2)c2ccc(C)cc2)cc1. The largest absolute Gasteiger partial charge is 0.375 e. The molecule has 178 valence electrons. The first-order valence-corrected chi connectivity index (χ1v) is 12.7. The standard InChI is InChI=1S/C34H37N/c1-6-34(7-2,35-33-22-15-26(4)23-27(33)5)31-20-16-28(17-21-31)24-32(29-11-9-8-10-12-29)30-18-13-25(3)14-19-30/h8-24,35H,6-7H2,1-5H3/b32-24-. The fourth-order valence-electron chi connectivity index (χ4n) is 4.87. The quantitative estimate of drug-likeness (QED) is 0.259. The molecule has 0 aliphatic rings. The maximum absolute atomic E-state index is 3.91. The monoisotopic (exact) mass is 459 g/mol. The smallest absolute Gasteiger partial charge is 0.0620 e. The van der Waals surface area contributed by atoms with Gasteiger partial charge in [0.2, 0.25) is 0 Å². The lowest BCUT2D eigenvalue weighted by Crippen LogP contribution is -2.34. The summed E-state index contributed by atoms with van der Waals surface area (Å²) in [6, 6.07) is 35.2. The molecule has 1 heteroatoms. The van der Waals surface area contributed by atoms with Crippen LogP contribution in [0.25, 0.3) is 11.6 Å². The molecule has 1 N–H and O–H groups in total. The molecule has 0 spiro atoms. The zero-order chi connectivity index (χ0) is 24.8. The Bertz CT molecular complexity index is 1280. The Balaban J connectivity index is 1.70. The third-order valence-corrected chi connectivity index (χ3v) is 7.18. The van der Waals surface area contributed by atoms with Gasteiger partial charge >= 0.3 is 0 Å². The second kappa shape index (κ2) is 10.8. The Morgan fingerprint density at radius 1 is 0.686 bits per heavy atom. The van der Waals surface area contributed by atoms with Crippen molar-refractivity contribution in [2.24, 2.45) is 0 Å². The van der Waals surface area contributed by atoms with Crippen molar-refractivity contribution in [2.45, 2.75) is 53.0 Å². The van der Waals surface area contributed by atoms with Crippen molar-refractivity contribution in [3.8, 4) is 0 Å². The second-order valence-corrected chi connectivity index (χ2v) is 9.64. The molecule has 4 aromatic rings. The van der Waals surface area contributed by atoms with Gasteiger partial charge in [-0.1, -0.05) is 116 Å². The molecule has 0 saturated heterocycles. The molecule has 0 bridgehead atoms. The Morgan fingerprint density at radius 2 is 1.29 bits per heavy atom. The summed E-state index contributed by atoms with van der Waals surface area (Å²) < 4.78 is 0. The van der Waals surface area contributed by atoms with E-state index < -0.39 is 0 Å². The lowest BCUT2D eigenvalue weighted by molar-refractivity contribution is 0.454. The van der Waals surface area contributed by atoms with Crippen LogP contribution in [0.4, 0.5) is 5.69 Å². The second-order valence-electron chi connectivity index (χ2n) is 9.64. The van der Waals surface area contributed by atoms with E-state index >= 15 is 0 Å². The molecule has 0 amide bonds. The van der Waals surface area contributed by atoms with Gasteiger partial charge in [0.15, 0.2) is 0 Å². The van der Waals surface area contributed by atoms with Crippen LogP contribution < -0.4 is 5.32 Å². The van der Waals surface area contributed by atoms with Gasteiger partial charge in [-0.05, 0) is 79.1 Å². The number of anilines is 1. The maximum atomic E-state index is 3.91. The summed E-state index contributed by atoms with van der Waals surface area (Å²) in [5.41, 5.74) is 11.2. The molecule has 0 heterocycles. The number of rotatable bonds is 8. The van der Waals surface area contributed by atoms with E-state index in [1.165, 1.54) is 50.2 Å². The number of nitrogens with one attached hydrogen (secondary N) is 1. The summed E-state index contributed by atoms with van der Waals surface area (Å²) in [4.78, 5) is 0. The maximum Gasteiger partial charge on any atom is 0.0620 e. The molecule has 4 aromatic carbocycles. The van der Waals surface area contributed by atoms with Gasteiger partial charge < -0.3 is 5.32 Å². The molecule has 0 radical (unpaired) electrons. The minimum absolute atomic E-state index is 0.0958. The number of benzene rings is 4. The first-order valence-electron chi connectivity index (χ1n) is 12.7. The summed E-state index contributed by atoms with van der Waals surface area (Å²) in [6.45, 7) is 11.0. The predicted octanol–water partition coefficient (Wildman–Crippen LogP) is 9.33. The summed E-state index contributed by atoms with van der Waals surface area (Å²) in [6.07, 6.45) is 4.34. The van der Waals surface area contributed by atoms with Crippen LogP contribution in [0.1, 0.15) is 65.6 Å². The highest BCUT2D eigenvalue weighted by atomic mass is 15.0. The minimum atomic E-state index is -0.0958. The van der Waals surface area contributed by atoms with E-state index in [1.54, 1.807) is 0 Å². The Kier molecular flexibility index (Phi) is 7.56. The molecule has 0 saturated carbocycles. The van der Waals surface area contributed by atoms with Crippen LogP contribution in [0.15, 0.2) is 97.1 Å². The van der Waals surface area contributed by atoms with Gasteiger partial charge in [0, 0.05) is 5.69 Å². The van der Waals surface area contributed by atoms with E-state index in [4.69, 9.17) is 0 Å². The van der Waals surface area contributed by atoms with Crippen LogP contribution in [0.5, 0.6) is 0 Å². The Morgan fingerprint density at radius 3 is 1.89 bits per heavy atom. The van der Waals surface area contributed by atoms with Crippen molar-refractivity contribution < 1.29 is 0 Å². The lowest BCUT2D eigenvalue weighted by Gasteiger charge is -2.35. The zero-order valence-electron chi connectivity index (χ0n) is 21.7. The van der Waals surface area contributed by atoms with Gasteiger partial charge in [-0.2, -0.15) is 0 Å². The van der Waals surface area contributed by atoms with Gasteiger partial charge in [-0.25, -0.2) is 0 Å². The van der Waals surface area contributed by atoms with Crippen molar-refractivity contribution in [1.29, 1.82) is 0 Å². The van der Waals surface area contributed by atoms with Crippen LogP contribution in [-0.4, -0.2) is 0 Å². The first kappa shape index (κ1) is 24.5. The fourth-order valence-corrected chi connectivity index (χ4v) is 4.87. The van der Waals surface area contributed by atoms with E-state index in [9.17, 15) is 0 Å². The molecule has 0 atom stereocenters. The molecule has 0 aliphatic heterocycles. The van der Waals surface area contributed by atoms with Gasteiger partial charge in [0.05, 0.1) is 5.54 Å². The number of aryl methyl sites for hydroxylation is 3. The van der Waals surface area contributed by atoms with Crippen molar-refractivity contribution in [2.75, 3.05) is 5.32 Å². The van der Waals surface area contributed by atoms with Gasteiger partial charge in [-0.3, -0.25) is 0 Å². The van der Waals surface area contributed by atoms with Gasteiger partial charge in [0.1, 0.15) is 0 Å². The molecular weight excluding hydrogens is 422 g/mol. The Labute approximate surface area is 211 Å². The summed E-state index contributed by atoms with van der Waals surface area (Å²) >= 11 is 0. The third-order valence-electron chi connectivity index (χ3n) is 7.18. The topological polar surface area (TPSA) is 12.0 Å². The van der Waals surface area contributed by atoms with Crippen LogP contribution in [0, 0.1) is 20.8 Å². The highest BCUT2D eigenvalue weighted by Gasteiger charge is 2.28. The van der Waals surface area contributed by atoms with Crippen LogP contribution in [0.3, 0.4) is 0 Å². The number of hydrogen-bond acceptors (Lipinski definition) is 1. The molecule has 4 rings (SSSR count). The van der Waals surface area contributed by atoms with Crippen molar-refractivity contribution in [1.82, 2.24) is 0 Å². The minimum Gasteiger partial charge on any atom is -0.375 e. The molecule has 1 nitrogen and oxygen atoms in total. The molecular formula is C34H37N. The van der Waals surface area contributed by atoms with E-state index in [-0.39, 0.29) is 5.54 Å². The highest BCUT2D eigenvalue weighted by molar-refractivity contribution is 5.91. The van der Waals surface area contributed by atoms with E-state index in [0.29, 0.717) is 0 Å². The summed E-state index contributed by atoms with van der Waals surface area (Å²) in [7, 11) is 0. The zero-order valence-corrected chi connectivity index (χ0v) is 21.7. The lowest BCUT2D eigenvalue weighted by atomic mass is 9.83. The highest BCUT2D eigenvalue weighted by Crippen LogP contribution is 2.35. The van der Waals surface area contributed by atoms with E-state index in [2.05, 4.69) is 143 Å². The number of hydrogen-bond donors (Lipinski definition) is 1. The first-order chi connectivity index (χ1) is 16.9. The summed E-state index contributed by atoms with van der Waals surface area (Å²) in [5.74, 6) is 0. The molecule has 35 heavy (non-hydrogen) atoms. The molecule has 0 fully saturated rings. The molecule has 0 aliphatic carbocycles. The van der Waals surface area contributed by atoms with Crippen LogP contribution in [0.2, 0.25) is 0 Å². The third kappa shape index (κ3) is 5.57. The van der Waals surface area contributed by atoms with Crippen molar-refractivity contribution in [3.05, 3.63) is 136 Å². The van der Waals surface area contributed by atoms with E-state index in [1.807, 2.05) is 0 Å². The van der Waals surface area contributed by atoms with Crippen LogP contribution in [-0.2, 0) is 5.54 Å². The van der Waals surface area contributed by atoms with E-state index in [0.717, 1.165) is 12.8 Å². The summed E-state index contributed by atoms with van der Waals surface area (Å²) in [5, 5.41) is 3.91. The average molecular weight is 460 g/mol. The Hall–Kier alpha value is -3.58. The van der Waals surface area contributed by atoms with Crippen molar-refractivity contribution in [3.63, 3.8) is 0 Å².